The van der Waals surface area contributed by atoms with Crippen LogP contribution in [0.5, 0.6) is 0 Å². The summed E-state index contributed by atoms with van der Waals surface area (Å²) in [6, 6.07) is 0. The van der Waals surface area contributed by atoms with Crippen LogP contribution in [0.15, 0.2) is 0 Å². The fourth-order valence-electron chi connectivity index (χ4n) is 2.78. The topological polar surface area (TPSA) is 47.7 Å². The van der Waals surface area contributed by atoms with Gasteiger partial charge in [0, 0.05) is 6.42 Å². The average Bonchev–Trinajstić information content (AvgIpc) is 2.78. The number of likely N-dealkylation sites (tertiary alicyclic amines) is 1. The molecule has 0 aromatic rings. The maximum absolute atomic E-state index is 5.84. The number of rotatable bonds is 5. The minimum absolute atomic E-state index is 0.0322. The zero-order valence-corrected chi connectivity index (χ0v) is 10.9. The molecule has 0 bridgehead atoms. The van der Waals surface area contributed by atoms with E-state index in [1.54, 1.807) is 0 Å². The van der Waals surface area contributed by atoms with Gasteiger partial charge in [0.15, 0.2) is 6.29 Å². The first-order valence-electron chi connectivity index (χ1n) is 7.01. The molecule has 0 aliphatic carbocycles. The van der Waals surface area contributed by atoms with Gasteiger partial charge < -0.3 is 20.1 Å². The Morgan fingerprint density at radius 2 is 2.06 bits per heavy atom. The predicted octanol–water partition coefficient (Wildman–Crippen LogP) is 1.20. The van der Waals surface area contributed by atoms with Gasteiger partial charge in [0.25, 0.3) is 0 Å². The summed E-state index contributed by atoms with van der Waals surface area (Å²) in [4.78, 5) is 2.52. The van der Waals surface area contributed by atoms with Gasteiger partial charge >= 0.3 is 0 Å². The second-order valence-electron chi connectivity index (χ2n) is 5.21. The zero-order chi connectivity index (χ0) is 12.1. The fourth-order valence-corrected chi connectivity index (χ4v) is 2.78. The molecule has 2 N–H and O–H groups in total. The normalized spacial score (nSPS) is 32.1. The highest BCUT2D eigenvalue weighted by Gasteiger charge is 2.29. The van der Waals surface area contributed by atoms with Crippen LogP contribution in [-0.4, -0.2) is 50.1 Å². The van der Waals surface area contributed by atoms with Crippen LogP contribution >= 0.6 is 0 Å². The summed E-state index contributed by atoms with van der Waals surface area (Å²) in [7, 11) is 0. The smallest absolute Gasteiger partial charge is 0.158 e. The molecule has 2 heterocycles. The third kappa shape index (κ3) is 3.91. The van der Waals surface area contributed by atoms with Crippen molar-refractivity contribution in [2.45, 2.75) is 45.0 Å². The Balaban J connectivity index is 1.65. The van der Waals surface area contributed by atoms with Crippen LogP contribution in [0.1, 0.15) is 32.6 Å². The summed E-state index contributed by atoms with van der Waals surface area (Å²) in [5.41, 5.74) is 5.53. The molecule has 4 nitrogen and oxygen atoms in total. The van der Waals surface area contributed by atoms with Crippen LogP contribution in [0, 0.1) is 5.92 Å². The van der Waals surface area contributed by atoms with Crippen LogP contribution in [-0.2, 0) is 9.47 Å². The van der Waals surface area contributed by atoms with Crippen molar-refractivity contribution in [2.75, 3.05) is 32.8 Å². The average molecular weight is 242 g/mol. The largest absolute Gasteiger partial charge is 0.350 e. The van der Waals surface area contributed by atoms with Crippen molar-refractivity contribution in [3.63, 3.8) is 0 Å². The maximum atomic E-state index is 5.84. The van der Waals surface area contributed by atoms with Gasteiger partial charge in [0.1, 0.15) is 0 Å². The third-order valence-corrected chi connectivity index (χ3v) is 3.98. The summed E-state index contributed by atoms with van der Waals surface area (Å²) >= 11 is 0. The second kappa shape index (κ2) is 6.69. The summed E-state index contributed by atoms with van der Waals surface area (Å²) in [5, 5.41) is 0. The molecule has 0 spiro atoms. The Morgan fingerprint density at radius 3 is 2.71 bits per heavy atom. The molecular formula is C13H26N2O2. The molecule has 2 fully saturated rings. The van der Waals surface area contributed by atoms with E-state index in [0.717, 1.165) is 25.4 Å². The van der Waals surface area contributed by atoms with Gasteiger partial charge in [-0.15, -0.1) is 0 Å². The second-order valence-corrected chi connectivity index (χ2v) is 5.21. The SMILES string of the molecule is CCN1CCC(CC2OCC(CCN)O2)CC1. The number of ether oxygens (including phenoxy) is 2. The van der Waals surface area contributed by atoms with Crippen molar-refractivity contribution in [1.29, 1.82) is 0 Å². The zero-order valence-electron chi connectivity index (χ0n) is 10.9. The molecule has 17 heavy (non-hydrogen) atoms. The Labute approximate surface area is 104 Å². The highest BCUT2D eigenvalue weighted by atomic mass is 16.7. The molecule has 0 radical (unpaired) electrons. The van der Waals surface area contributed by atoms with E-state index in [9.17, 15) is 0 Å². The summed E-state index contributed by atoms with van der Waals surface area (Å²) in [5.74, 6) is 0.777. The van der Waals surface area contributed by atoms with Crippen LogP contribution in [0.3, 0.4) is 0 Å². The van der Waals surface area contributed by atoms with Crippen molar-refractivity contribution in [1.82, 2.24) is 4.90 Å². The Kier molecular flexibility index (Phi) is 5.22. The van der Waals surface area contributed by atoms with Gasteiger partial charge in [-0.1, -0.05) is 6.92 Å². The van der Waals surface area contributed by atoms with Gasteiger partial charge in [-0.2, -0.15) is 0 Å². The van der Waals surface area contributed by atoms with E-state index in [0.29, 0.717) is 6.54 Å². The molecular weight excluding hydrogens is 216 g/mol. The Morgan fingerprint density at radius 1 is 1.29 bits per heavy atom. The number of hydrogen-bond acceptors (Lipinski definition) is 4. The number of hydrogen-bond donors (Lipinski definition) is 1. The molecule has 0 saturated carbocycles. The van der Waals surface area contributed by atoms with E-state index in [4.69, 9.17) is 15.2 Å². The van der Waals surface area contributed by atoms with Crippen molar-refractivity contribution < 1.29 is 9.47 Å². The molecule has 2 unspecified atom stereocenters. The van der Waals surface area contributed by atoms with Crippen molar-refractivity contribution in [2.24, 2.45) is 11.7 Å². The van der Waals surface area contributed by atoms with Crippen molar-refractivity contribution >= 4 is 0 Å². The quantitative estimate of drug-likeness (QED) is 0.787. The van der Waals surface area contributed by atoms with Crippen LogP contribution in [0.2, 0.25) is 0 Å². The molecule has 2 aliphatic rings. The first-order valence-corrected chi connectivity index (χ1v) is 7.01. The highest BCUT2D eigenvalue weighted by Crippen LogP contribution is 2.26. The highest BCUT2D eigenvalue weighted by molar-refractivity contribution is 4.75. The van der Waals surface area contributed by atoms with Gasteiger partial charge in [0.05, 0.1) is 12.7 Å². The first kappa shape index (κ1) is 13.3. The lowest BCUT2D eigenvalue weighted by atomic mass is 9.93. The fraction of sp³-hybridized carbons (Fsp3) is 1.00. The molecule has 2 atom stereocenters. The predicted molar refractivity (Wildman–Crippen MR) is 67.7 cm³/mol. The number of nitrogens with two attached hydrogens (primary N) is 1. The molecule has 2 aliphatic heterocycles. The molecule has 0 amide bonds. The van der Waals surface area contributed by atoms with E-state index in [2.05, 4.69) is 11.8 Å². The standard InChI is InChI=1S/C13H26N2O2/c1-2-15-7-4-11(5-8-15)9-13-16-10-12(17-13)3-6-14/h11-13H,2-10,14H2,1H3. The molecule has 2 saturated heterocycles. The summed E-state index contributed by atoms with van der Waals surface area (Å²) in [6.07, 6.45) is 4.84. The minimum Gasteiger partial charge on any atom is -0.350 e. The van der Waals surface area contributed by atoms with E-state index in [1.165, 1.54) is 32.5 Å². The molecule has 4 heteroatoms. The van der Waals surface area contributed by atoms with Crippen molar-refractivity contribution in [3.8, 4) is 0 Å². The van der Waals surface area contributed by atoms with Crippen LogP contribution in [0.25, 0.3) is 0 Å². The monoisotopic (exact) mass is 242 g/mol. The Hall–Kier alpha value is -0.160. The van der Waals surface area contributed by atoms with E-state index in [1.807, 2.05) is 0 Å². The lowest BCUT2D eigenvalue weighted by Crippen LogP contribution is -2.34. The van der Waals surface area contributed by atoms with E-state index in [-0.39, 0.29) is 12.4 Å². The van der Waals surface area contributed by atoms with Gasteiger partial charge in [-0.25, -0.2) is 0 Å². The van der Waals surface area contributed by atoms with Gasteiger partial charge in [-0.05, 0) is 51.4 Å². The van der Waals surface area contributed by atoms with Crippen LogP contribution in [0.4, 0.5) is 0 Å². The maximum Gasteiger partial charge on any atom is 0.158 e. The first-order chi connectivity index (χ1) is 8.31. The molecule has 100 valence electrons. The van der Waals surface area contributed by atoms with Crippen LogP contribution < -0.4 is 5.73 Å². The molecule has 0 aromatic heterocycles. The Bertz CT molecular complexity index is 217. The number of nitrogens with zero attached hydrogens (tertiary/aromatic N) is 1. The van der Waals surface area contributed by atoms with Gasteiger partial charge in [-0.3, -0.25) is 0 Å². The molecule has 0 aromatic carbocycles. The lowest BCUT2D eigenvalue weighted by Gasteiger charge is -2.31. The minimum atomic E-state index is 0.0322. The van der Waals surface area contributed by atoms with E-state index >= 15 is 0 Å². The lowest BCUT2D eigenvalue weighted by molar-refractivity contribution is -0.0758. The summed E-state index contributed by atoms with van der Waals surface area (Å²) in [6.45, 7) is 7.31. The third-order valence-electron chi connectivity index (χ3n) is 3.98. The van der Waals surface area contributed by atoms with E-state index < -0.39 is 0 Å². The number of piperidine rings is 1. The summed E-state index contributed by atoms with van der Waals surface area (Å²) < 4.78 is 11.5. The molecule has 2 rings (SSSR count). The van der Waals surface area contributed by atoms with Crippen molar-refractivity contribution in [3.05, 3.63) is 0 Å². The van der Waals surface area contributed by atoms with Gasteiger partial charge in [0.2, 0.25) is 0 Å².